The Morgan fingerprint density at radius 1 is 1.05 bits per heavy atom. The van der Waals surface area contributed by atoms with Crippen molar-refractivity contribution in [1.29, 1.82) is 0 Å². The zero-order chi connectivity index (χ0) is 28.3. The maximum absolute atomic E-state index is 13.5. The molecule has 0 unspecified atom stereocenters. The predicted octanol–water partition coefficient (Wildman–Crippen LogP) is 4.86. The van der Waals surface area contributed by atoms with Crippen molar-refractivity contribution in [2.45, 2.75) is 59.5 Å². The number of benzene rings is 2. The molecule has 0 aromatic heterocycles. The number of hydrogen-bond acceptors (Lipinski definition) is 5. The highest BCUT2D eigenvalue weighted by molar-refractivity contribution is 7.92. The van der Waals surface area contributed by atoms with Crippen LogP contribution in [0.4, 0.5) is 5.69 Å². The van der Waals surface area contributed by atoms with Gasteiger partial charge in [-0.3, -0.25) is 13.9 Å². The van der Waals surface area contributed by atoms with Crippen molar-refractivity contribution in [1.82, 2.24) is 10.2 Å². The monoisotopic (exact) mass is 565 g/mol. The van der Waals surface area contributed by atoms with Crippen molar-refractivity contribution in [3.05, 3.63) is 59.1 Å². The number of amides is 2. The van der Waals surface area contributed by atoms with Crippen LogP contribution in [-0.2, 0) is 26.2 Å². The fraction of sp³-hybridized carbons (Fsp3) is 0.500. The first-order valence-corrected chi connectivity index (χ1v) is 15.2. The second-order valence-electron chi connectivity index (χ2n) is 9.55. The number of nitrogens with one attached hydrogen (secondary N) is 1. The Kier molecular flexibility index (Phi) is 12.4. The third-order valence-electron chi connectivity index (χ3n) is 5.92. The van der Waals surface area contributed by atoms with Gasteiger partial charge in [-0.1, -0.05) is 56.6 Å². The minimum Gasteiger partial charge on any atom is -0.492 e. The van der Waals surface area contributed by atoms with Gasteiger partial charge in [0.25, 0.3) is 0 Å². The normalized spacial score (nSPS) is 12.2. The lowest BCUT2D eigenvalue weighted by Crippen LogP contribution is -2.49. The Labute approximate surface area is 232 Å². The van der Waals surface area contributed by atoms with Crippen molar-refractivity contribution >= 4 is 39.1 Å². The van der Waals surface area contributed by atoms with Crippen LogP contribution < -0.4 is 14.4 Å². The van der Waals surface area contributed by atoms with Crippen LogP contribution in [0, 0.1) is 5.92 Å². The number of halogens is 1. The van der Waals surface area contributed by atoms with Crippen LogP contribution in [-0.4, -0.2) is 57.1 Å². The van der Waals surface area contributed by atoms with E-state index in [-0.39, 0.29) is 43.7 Å². The first-order chi connectivity index (χ1) is 18.0. The molecule has 2 amide bonds. The minimum absolute atomic E-state index is 0.0738. The van der Waals surface area contributed by atoms with Gasteiger partial charge < -0.3 is 15.0 Å². The van der Waals surface area contributed by atoms with E-state index in [2.05, 4.69) is 5.32 Å². The Balaban J connectivity index is 2.24. The molecular weight excluding hydrogens is 526 g/mol. The van der Waals surface area contributed by atoms with E-state index >= 15 is 0 Å². The van der Waals surface area contributed by atoms with Gasteiger partial charge in [-0.05, 0) is 55.5 Å². The van der Waals surface area contributed by atoms with Crippen molar-refractivity contribution in [3.8, 4) is 5.75 Å². The van der Waals surface area contributed by atoms with Gasteiger partial charge >= 0.3 is 0 Å². The molecule has 0 spiro atoms. The molecule has 0 bridgehead atoms. The van der Waals surface area contributed by atoms with Crippen molar-refractivity contribution < 1.29 is 22.7 Å². The number of nitrogens with zero attached hydrogens (tertiary/aromatic N) is 2. The Morgan fingerprint density at radius 3 is 2.29 bits per heavy atom. The highest BCUT2D eigenvalue weighted by atomic mass is 35.5. The maximum atomic E-state index is 13.5. The van der Waals surface area contributed by atoms with Crippen LogP contribution >= 0.6 is 11.6 Å². The first-order valence-electron chi connectivity index (χ1n) is 13.0. The summed E-state index contributed by atoms with van der Waals surface area (Å²) in [6.07, 6.45) is 1.93. The number of para-hydroxylation sites is 2. The van der Waals surface area contributed by atoms with Gasteiger partial charge in [0.1, 0.15) is 11.8 Å². The molecule has 0 aliphatic heterocycles. The van der Waals surface area contributed by atoms with Gasteiger partial charge in [-0.15, -0.1) is 0 Å². The average molecular weight is 566 g/mol. The largest absolute Gasteiger partial charge is 0.492 e. The molecule has 0 fully saturated rings. The summed E-state index contributed by atoms with van der Waals surface area (Å²) in [6.45, 7) is 8.97. The first kappa shape index (κ1) is 31.4. The van der Waals surface area contributed by atoms with Crippen LogP contribution in [0.5, 0.6) is 5.75 Å². The van der Waals surface area contributed by atoms with Crippen LogP contribution in [0.3, 0.4) is 0 Å². The van der Waals surface area contributed by atoms with Crippen LogP contribution in [0.15, 0.2) is 48.5 Å². The van der Waals surface area contributed by atoms with Crippen LogP contribution in [0.2, 0.25) is 5.02 Å². The zero-order valence-corrected chi connectivity index (χ0v) is 24.5. The molecule has 10 heteroatoms. The molecule has 38 heavy (non-hydrogen) atoms. The fourth-order valence-electron chi connectivity index (χ4n) is 4.05. The second kappa shape index (κ2) is 15.0. The Morgan fingerprint density at radius 2 is 1.71 bits per heavy atom. The molecule has 2 rings (SSSR count). The minimum atomic E-state index is -3.63. The summed E-state index contributed by atoms with van der Waals surface area (Å²) in [5.41, 5.74) is 1.28. The van der Waals surface area contributed by atoms with Crippen molar-refractivity contribution in [3.63, 3.8) is 0 Å². The van der Waals surface area contributed by atoms with E-state index in [0.29, 0.717) is 36.0 Å². The summed E-state index contributed by atoms with van der Waals surface area (Å²) in [6, 6.07) is 13.4. The second-order valence-corrected chi connectivity index (χ2v) is 11.9. The molecular formula is C28H40ClN3O5S. The molecule has 2 aromatic rings. The van der Waals surface area contributed by atoms with E-state index in [1.807, 2.05) is 39.8 Å². The lowest BCUT2D eigenvalue weighted by atomic mass is 10.1. The van der Waals surface area contributed by atoms with E-state index in [0.717, 1.165) is 11.8 Å². The van der Waals surface area contributed by atoms with Gasteiger partial charge in [0, 0.05) is 31.1 Å². The third kappa shape index (κ3) is 9.51. The maximum Gasteiger partial charge on any atom is 0.242 e. The highest BCUT2D eigenvalue weighted by Gasteiger charge is 2.29. The van der Waals surface area contributed by atoms with Gasteiger partial charge in [0.2, 0.25) is 21.8 Å². The van der Waals surface area contributed by atoms with Gasteiger partial charge in [0.05, 0.1) is 18.6 Å². The number of carbonyl (C=O) groups excluding carboxylic acids is 2. The number of rotatable bonds is 15. The van der Waals surface area contributed by atoms with E-state index in [9.17, 15) is 18.0 Å². The summed E-state index contributed by atoms with van der Waals surface area (Å²) in [5, 5.41) is 3.53. The highest BCUT2D eigenvalue weighted by Crippen LogP contribution is 2.30. The number of sulfonamides is 1. The SMILES string of the molecule is CCOc1ccccc1N(CCCC(=O)N(Cc1ccc(Cl)cc1)[C@H](CC)C(=O)NCC(C)C)S(C)(=O)=O. The molecule has 210 valence electrons. The fourth-order valence-corrected chi connectivity index (χ4v) is 5.15. The molecule has 0 aliphatic carbocycles. The molecule has 0 saturated carbocycles. The smallest absolute Gasteiger partial charge is 0.242 e. The molecule has 0 heterocycles. The van der Waals surface area contributed by atoms with Crippen molar-refractivity contribution in [2.75, 3.05) is 30.3 Å². The summed E-state index contributed by atoms with van der Waals surface area (Å²) in [5.74, 6) is 0.312. The van der Waals surface area contributed by atoms with E-state index in [1.54, 1.807) is 41.3 Å². The standard InChI is InChI=1S/C28H40ClN3O5S/c1-6-24(28(34)30-19-21(3)4)31(20-22-14-16-23(29)17-15-22)27(33)13-10-18-32(38(5,35)36)25-11-8-9-12-26(25)37-7-2/h8-9,11-12,14-17,21,24H,6-7,10,13,18-20H2,1-5H3,(H,30,34)/t24-/m1/s1. The Hall–Kier alpha value is -2.78. The van der Waals surface area contributed by atoms with E-state index < -0.39 is 16.1 Å². The number of anilines is 1. The molecule has 1 atom stereocenters. The van der Waals surface area contributed by atoms with Crippen LogP contribution in [0.1, 0.15) is 52.5 Å². The molecule has 0 radical (unpaired) electrons. The molecule has 1 N–H and O–H groups in total. The van der Waals surface area contributed by atoms with Gasteiger partial charge in [-0.2, -0.15) is 0 Å². The van der Waals surface area contributed by atoms with Crippen molar-refractivity contribution in [2.24, 2.45) is 5.92 Å². The summed E-state index contributed by atoms with van der Waals surface area (Å²) < 4.78 is 32.2. The van der Waals surface area contributed by atoms with Crippen LogP contribution in [0.25, 0.3) is 0 Å². The molecule has 0 saturated heterocycles. The number of carbonyl (C=O) groups is 2. The molecule has 8 nitrogen and oxygen atoms in total. The topological polar surface area (TPSA) is 96.0 Å². The van der Waals surface area contributed by atoms with E-state index in [4.69, 9.17) is 16.3 Å². The third-order valence-corrected chi connectivity index (χ3v) is 7.35. The lowest BCUT2D eigenvalue weighted by Gasteiger charge is -2.31. The molecule has 2 aromatic carbocycles. The summed E-state index contributed by atoms with van der Waals surface area (Å²) in [4.78, 5) is 28.1. The number of ether oxygens (including phenoxy) is 1. The van der Waals surface area contributed by atoms with Gasteiger partial charge in [-0.25, -0.2) is 8.42 Å². The Bertz CT molecular complexity index is 1160. The van der Waals surface area contributed by atoms with E-state index in [1.165, 1.54) is 4.31 Å². The lowest BCUT2D eigenvalue weighted by molar-refractivity contribution is -0.141. The number of hydrogen-bond donors (Lipinski definition) is 1. The summed E-state index contributed by atoms with van der Waals surface area (Å²) >= 11 is 6.03. The quantitative estimate of drug-likeness (QED) is 0.332. The average Bonchev–Trinajstić information content (AvgIpc) is 2.86. The van der Waals surface area contributed by atoms with Gasteiger partial charge in [0.15, 0.2) is 0 Å². The summed E-state index contributed by atoms with van der Waals surface area (Å²) in [7, 11) is -3.63. The molecule has 0 aliphatic rings. The zero-order valence-electron chi connectivity index (χ0n) is 22.9. The predicted molar refractivity (Wildman–Crippen MR) is 153 cm³/mol.